The predicted octanol–water partition coefficient (Wildman–Crippen LogP) is 3.07. The maximum absolute atomic E-state index is 11.4. The molecule has 0 fully saturated rings. The van der Waals surface area contributed by atoms with Crippen molar-refractivity contribution in [2.45, 2.75) is 58.7 Å². The molecule has 0 heterocycles. The van der Waals surface area contributed by atoms with Crippen LogP contribution in [0.2, 0.25) is 39.3 Å². The number of rotatable bonds is 6. The quantitative estimate of drug-likeness (QED) is 0.602. The average Bonchev–Trinajstić information content (AvgIpc) is 2.12. The van der Waals surface area contributed by atoms with Crippen molar-refractivity contribution in [3.05, 3.63) is 0 Å². The Hall–Kier alpha value is -0.576. The van der Waals surface area contributed by atoms with E-state index in [1.165, 1.54) is 0 Å². The summed E-state index contributed by atoms with van der Waals surface area (Å²) in [5.74, 6) is 1.52. The minimum atomic E-state index is -1.64. The van der Waals surface area contributed by atoms with Gasteiger partial charge in [-0.25, -0.2) is 0 Å². The second kappa shape index (κ2) is 6.04. The van der Waals surface area contributed by atoms with E-state index in [4.69, 9.17) is 6.42 Å². The minimum absolute atomic E-state index is 0.272. The molecule has 18 heavy (non-hydrogen) atoms. The van der Waals surface area contributed by atoms with Gasteiger partial charge in [0, 0.05) is 0 Å². The molecule has 0 amide bonds. The van der Waals surface area contributed by atoms with E-state index in [2.05, 4.69) is 49.4 Å². The number of carboxylic acid groups (broad SMARTS) is 1. The number of aliphatic carboxylic acids is 1. The van der Waals surface area contributed by atoms with Gasteiger partial charge >= 0.3 is 5.97 Å². The molecule has 2 unspecified atom stereocenters. The Bertz CT molecular complexity index is 322. The topological polar surface area (TPSA) is 40.5 Å². The van der Waals surface area contributed by atoms with Crippen LogP contribution in [-0.2, 0) is 4.79 Å². The van der Waals surface area contributed by atoms with Crippen molar-refractivity contribution in [2.24, 2.45) is 5.92 Å². The van der Waals surface area contributed by atoms with E-state index in [0.29, 0.717) is 6.42 Å². The highest BCUT2D eigenvalue weighted by molar-refractivity contribution is 6.89. The SMILES string of the molecule is C#CC(C(CC)C(=O)O)N([Si](C)(C)C)[Si](C)(C)C. The third-order valence-corrected chi connectivity index (χ3v) is 10.5. The summed E-state index contributed by atoms with van der Waals surface area (Å²) in [5.41, 5.74) is 0. The summed E-state index contributed by atoms with van der Waals surface area (Å²) < 4.78 is 2.41. The molecular weight excluding hydrogens is 258 g/mol. The Labute approximate surface area is 114 Å². The first-order valence-corrected chi connectivity index (χ1v) is 13.3. The van der Waals surface area contributed by atoms with Crippen molar-refractivity contribution in [2.75, 3.05) is 0 Å². The maximum atomic E-state index is 11.4. The van der Waals surface area contributed by atoms with Gasteiger partial charge in [0.1, 0.15) is 16.5 Å². The van der Waals surface area contributed by atoms with Crippen LogP contribution < -0.4 is 0 Å². The van der Waals surface area contributed by atoms with Crippen molar-refractivity contribution >= 4 is 22.4 Å². The summed E-state index contributed by atoms with van der Waals surface area (Å²) in [6.07, 6.45) is 6.25. The molecule has 3 nitrogen and oxygen atoms in total. The Morgan fingerprint density at radius 1 is 1.22 bits per heavy atom. The fourth-order valence-electron chi connectivity index (χ4n) is 2.74. The lowest BCUT2D eigenvalue weighted by atomic mass is 9.99. The van der Waals surface area contributed by atoms with Crippen LogP contribution in [0.3, 0.4) is 0 Å². The first-order valence-electron chi connectivity index (χ1n) is 6.45. The zero-order valence-corrected chi connectivity index (χ0v) is 14.7. The van der Waals surface area contributed by atoms with E-state index < -0.39 is 28.4 Å². The molecule has 0 aliphatic heterocycles. The molecule has 104 valence electrons. The van der Waals surface area contributed by atoms with Crippen LogP contribution in [0.25, 0.3) is 0 Å². The highest BCUT2D eigenvalue weighted by Gasteiger charge is 2.43. The molecule has 0 aliphatic rings. The van der Waals surface area contributed by atoms with Crippen LogP contribution in [-0.4, -0.2) is 37.8 Å². The van der Waals surface area contributed by atoms with Gasteiger partial charge in [-0.05, 0) is 6.42 Å². The summed E-state index contributed by atoms with van der Waals surface area (Å²) in [6, 6.07) is -0.272. The van der Waals surface area contributed by atoms with E-state index in [-0.39, 0.29) is 6.04 Å². The molecule has 0 aromatic heterocycles. The van der Waals surface area contributed by atoms with E-state index in [1.54, 1.807) is 0 Å². The Morgan fingerprint density at radius 3 is 1.78 bits per heavy atom. The van der Waals surface area contributed by atoms with Crippen molar-refractivity contribution < 1.29 is 9.90 Å². The van der Waals surface area contributed by atoms with Crippen LogP contribution in [0.1, 0.15) is 13.3 Å². The zero-order chi connectivity index (χ0) is 14.7. The van der Waals surface area contributed by atoms with Crippen LogP contribution in [0, 0.1) is 18.3 Å². The third kappa shape index (κ3) is 4.27. The monoisotopic (exact) mass is 285 g/mol. The van der Waals surface area contributed by atoms with Gasteiger partial charge in [-0.3, -0.25) is 4.79 Å². The van der Waals surface area contributed by atoms with Gasteiger partial charge in [0.05, 0.1) is 12.0 Å². The van der Waals surface area contributed by atoms with Gasteiger partial charge in [0.25, 0.3) is 0 Å². The van der Waals surface area contributed by atoms with Gasteiger partial charge in [0.2, 0.25) is 0 Å². The number of terminal acetylenes is 1. The van der Waals surface area contributed by atoms with Crippen molar-refractivity contribution in [3.63, 3.8) is 0 Å². The van der Waals surface area contributed by atoms with Gasteiger partial charge in [-0.2, -0.15) is 0 Å². The minimum Gasteiger partial charge on any atom is -0.481 e. The summed E-state index contributed by atoms with van der Waals surface area (Å²) in [4.78, 5) is 11.4. The lowest BCUT2D eigenvalue weighted by Gasteiger charge is -2.48. The number of hydrogen-bond donors (Lipinski definition) is 1. The Balaban J connectivity index is 5.59. The first-order chi connectivity index (χ1) is 7.96. The molecule has 0 rings (SSSR count). The molecule has 2 atom stereocenters. The molecule has 0 aromatic carbocycles. The third-order valence-electron chi connectivity index (χ3n) is 3.03. The zero-order valence-electron chi connectivity index (χ0n) is 12.7. The highest BCUT2D eigenvalue weighted by atomic mass is 28.4. The van der Waals surface area contributed by atoms with Gasteiger partial charge in [0.15, 0.2) is 0 Å². The predicted molar refractivity (Wildman–Crippen MR) is 82.6 cm³/mol. The molecule has 0 aromatic rings. The molecule has 5 heteroatoms. The highest BCUT2D eigenvalue weighted by Crippen LogP contribution is 2.27. The van der Waals surface area contributed by atoms with Crippen molar-refractivity contribution in [1.29, 1.82) is 0 Å². The fourth-order valence-corrected chi connectivity index (χ4v) is 13.0. The van der Waals surface area contributed by atoms with Crippen LogP contribution in [0.5, 0.6) is 0 Å². The first kappa shape index (κ1) is 17.4. The number of carboxylic acids is 1. The van der Waals surface area contributed by atoms with E-state index in [9.17, 15) is 9.90 Å². The van der Waals surface area contributed by atoms with Crippen LogP contribution in [0.15, 0.2) is 0 Å². The van der Waals surface area contributed by atoms with Crippen LogP contribution in [0.4, 0.5) is 0 Å². The normalized spacial score (nSPS) is 16.2. The molecule has 0 saturated heterocycles. The second-order valence-electron chi connectivity index (χ2n) is 6.68. The van der Waals surface area contributed by atoms with Crippen molar-refractivity contribution in [1.82, 2.24) is 4.23 Å². The molecular formula is C13H27NO2Si2. The smallest absolute Gasteiger partial charge is 0.309 e. The molecule has 0 radical (unpaired) electrons. The summed E-state index contributed by atoms with van der Waals surface area (Å²) in [7, 11) is -3.28. The molecule has 0 aliphatic carbocycles. The molecule has 0 spiro atoms. The Morgan fingerprint density at radius 2 is 1.61 bits per heavy atom. The van der Waals surface area contributed by atoms with Crippen molar-refractivity contribution in [3.8, 4) is 12.3 Å². The lowest BCUT2D eigenvalue weighted by molar-refractivity contribution is -0.142. The molecule has 0 bridgehead atoms. The van der Waals surface area contributed by atoms with Gasteiger partial charge in [-0.1, -0.05) is 52.1 Å². The van der Waals surface area contributed by atoms with Gasteiger partial charge in [-0.15, -0.1) is 6.42 Å². The second-order valence-corrected chi connectivity index (χ2v) is 16.8. The summed E-state index contributed by atoms with van der Waals surface area (Å²) in [6.45, 7) is 15.3. The molecule has 0 saturated carbocycles. The number of nitrogens with zero attached hydrogens (tertiary/aromatic N) is 1. The summed E-state index contributed by atoms with van der Waals surface area (Å²) >= 11 is 0. The summed E-state index contributed by atoms with van der Waals surface area (Å²) in [5, 5.41) is 9.36. The van der Waals surface area contributed by atoms with Crippen LogP contribution >= 0.6 is 0 Å². The maximum Gasteiger partial charge on any atom is 0.309 e. The molecule has 1 N–H and O–H groups in total. The standard InChI is InChI=1S/C13H27NO2Si2/c1-9-11(13(15)16)12(10-2)14(17(3,4)5)18(6,7)8/h2,11-12H,9H2,1,3-8H3,(H,15,16). The van der Waals surface area contributed by atoms with Gasteiger partial charge < -0.3 is 9.34 Å². The van der Waals surface area contributed by atoms with E-state index >= 15 is 0 Å². The van der Waals surface area contributed by atoms with E-state index in [1.807, 2.05) is 6.92 Å². The Kier molecular flexibility index (Phi) is 5.85. The fraction of sp³-hybridized carbons (Fsp3) is 0.769. The number of hydrogen-bond acceptors (Lipinski definition) is 2. The largest absolute Gasteiger partial charge is 0.481 e. The van der Waals surface area contributed by atoms with E-state index in [0.717, 1.165) is 0 Å². The average molecular weight is 286 g/mol. The lowest BCUT2D eigenvalue weighted by Crippen LogP contribution is -2.65. The number of carbonyl (C=O) groups is 1.